The number of halogens is 1. The Morgan fingerprint density at radius 2 is 2.07 bits per heavy atom. The first-order chi connectivity index (χ1) is 7.25. The second-order valence-corrected chi connectivity index (χ2v) is 4.98. The number of rotatable bonds is 0. The van der Waals surface area contributed by atoms with Crippen molar-refractivity contribution in [1.82, 2.24) is 4.98 Å². The molecule has 2 heterocycles. The zero-order chi connectivity index (χ0) is 10.4. The Bertz CT molecular complexity index is 624. The van der Waals surface area contributed by atoms with Crippen LogP contribution in [0.3, 0.4) is 0 Å². The molecule has 1 atom stereocenters. The molecule has 3 rings (SSSR count). The summed E-state index contributed by atoms with van der Waals surface area (Å²) in [5, 5.41) is 1.57. The number of benzene rings is 1. The van der Waals surface area contributed by atoms with Crippen molar-refractivity contribution in [3.8, 4) is 0 Å². The molecule has 0 saturated heterocycles. The molecule has 1 aliphatic rings. The number of hydrogen-bond acceptors (Lipinski definition) is 2. The number of para-hydroxylation sites is 1. The number of hydrogen-bond donors (Lipinski definition) is 0. The van der Waals surface area contributed by atoms with Crippen molar-refractivity contribution >= 4 is 42.4 Å². The summed E-state index contributed by atoms with van der Waals surface area (Å²) in [6.45, 7) is 0. The third-order valence-electron chi connectivity index (χ3n) is 2.24. The Hall–Kier alpha value is -1.07. The lowest BCUT2D eigenvalue weighted by Gasteiger charge is -2.00. The van der Waals surface area contributed by atoms with Gasteiger partial charge in [-0.3, -0.25) is 0 Å². The highest BCUT2D eigenvalue weighted by Gasteiger charge is 2.22. The smallest absolute Gasteiger partial charge is 0.193 e. The largest absolute Gasteiger partial charge is 0.236 e. The van der Waals surface area contributed by atoms with Gasteiger partial charge in [-0.1, -0.05) is 18.2 Å². The molecule has 1 aliphatic heterocycles. The molecule has 0 bridgehead atoms. The highest BCUT2D eigenvalue weighted by molar-refractivity contribution is 9.18. The minimum absolute atomic E-state index is 0.542. The van der Waals surface area contributed by atoms with Crippen LogP contribution in [0.15, 0.2) is 39.8 Å². The molecule has 0 radical (unpaired) electrons. The number of fused-ring (bicyclic) bond motifs is 2. The van der Waals surface area contributed by atoms with E-state index in [1.165, 1.54) is 0 Å². The van der Waals surface area contributed by atoms with Gasteiger partial charge in [0.05, 0.1) is 5.52 Å². The summed E-state index contributed by atoms with van der Waals surface area (Å²) >= 11 is 3.28. The lowest BCUT2D eigenvalue weighted by Crippen LogP contribution is -1.93. The summed E-state index contributed by atoms with van der Waals surface area (Å²) < 4.78 is 16.1. The Kier molecular flexibility index (Phi) is 1.97. The van der Waals surface area contributed by atoms with E-state index in [4.69, 9.17) is 0 Å². The fraction of sp³-hybridized carbons (Fsp3) is 0. The Morgan fingerprint density at radius 1 is 1.27 bits per heavy atom. The molecule has 0 fully saturated rings. The van der Waals surface area contributed by atoms with E-state index in [1.54, 1.807) is 0 Å². The third-order valence-corrected chi connectivity index (χ3v) is 4.07. The van der Waals surface area contributed by atoms with E-state index in [2.05, 4.69) is 25.3 Å². The van der Waals surface area contributed by atoms with Crippen molar-refractivity contribution in [2.45, 2.75) is 5.03 Å². The van der Waals surface area contributed by atoms with Gasteiger partial charge in [-0.2, -0.15) is 4.40 Å². The second kappa shape index (κ2) is 3.21. The lowest BCUT2D eigenvalue weighted by atomic mass is 10.2. The van der Waals surface area contributed by atoms with Crippen LogP contribution < -0.4 is 0 Å². The Morgan fingerprint density at radius 3 is 2.93 bits per heavy atom. The standard InChI is InChI=1S/C10H5BrN2OS/c11-9-7-5-6-3-1-2-4-8(6)12-10(7)15(14)13-9/h1-5H. The molecule has 0 aliphatic carbocycles. The highest BCUT2D eigenvalue weighted by atomic mass is 79.9. The maximum atomic E-state index is 11.6. The van der Waals surface area contributed by atoms with Crippen LogP contribution in [0.4, 0.5) is 0 Å². The predicted octanol–water partition coefficient (Wildman–Crippen LogP) is 2.41. The Balaban J connectivity index is 2.41. The summed E-state index contributed by atoms with van der Waals surface area (Å²) in [4.78, 5) is 4.34. The second-order valence-electron chi connectivity index (χ2n) is 3.17. The van der Waals surface area contributed by atoms with Crippen molar-refractivity contribution in [3.05, 3.63) is 35.9 Å². The normalized spacial score (nSPS) is 19.0. The lowest BCUT2D eigenvalue weighted by molar-refractivity contribution is 0.683. The zero-order valence-electron chi connectivity index (χ0n) is 7.48. The van der Waals surface area contributed by atoms with Gasteiger partial charge in [0.1, 0.15) is 4.62 Å². The topological polar surface area (TPSA) is 42.3 Å². The van der Waals surface area contributed by atoms with Gasteiger partial charge in [0.25, 0.3) is 0 Å². The molecular formula is C10H5BrN2OS. The summed E-state index contributed by atoms with van der Waals surface area (Å²) in [5.41, 5.74) is 1.68. The van der Waals surface area contributed by atoms with Crippen LogP contribution in [0.5, 0.6) is 0 Å². The fourth-order valence-electron chi connectivity index (χ4n) is 1.54. The SMILES string of the molecule is O=S1N=C(Br)c2cc3ccccc3nc21. The fourth-order valence-corrected chi connectivity index (χ4v) is 3.22. The van der Waals surface area contributed by atoms with Crippen molar-refractivity contribution in [2.75, 3.05) is 0 Å². The van der Waals surface area contributed by atoms with Gasteiger partial charge in [0.15, 0.2) is 16.0 Å². The summed E-state index contributed by atoms with van der Waals surface area (Å²) in [7, 11) is -1.35. The van der Waals surface area contributed by atoms with Gasteiger partial charge >= 0.3 is 0 Å². The molecule has 5 heteroatoms. The first kappa shape index (κ1) is 9.18. The first-order valence-corrected chi connectivity index (χ1v) is 6.22. The molecule has 1 aromatic heterocycles. The van der Waals surface area contributed by atoms with Crippen molar-refractivity contribution in [2.24, 2.45) is 4.40 Å². The average molecular weight is 281 g/mol. The zero-order valence-corrected chi connectivity index (χ0v) is 9.88. The predicted molar refractivity (Wildman–Crippen MR) is 63.6 cm³/mol. The van der Waals surface area contributed by atoms with Gasteiger partial charge < -0.3 is 0 Å². The van der Waals surface area contributed by atoms with Crippen LogP contribution in [-0.4, -0.2) is 13.8 Å². The van der Waals surface area contributed by atoms with Crippen LogP contribution in [0.1, 0.15) is 5.56 Å². The van der Waals surface area contributed by atoms with Crippen LogP contribution in [0.25, 0.3) is 10.9 Å². The molecule has 0 spiro atoms. The maximum absolute atomic E-state index is 11.6. The van der Waals surface area contributed by atoms with E-state index < -0.39 is 11.0 Å². The number of pyridine rings is 1. The van der Waals surface area contributed by atoms with Crippen LogP contribution in [0, 0.1) is 0 Å². The molecule has 1 unspecified atom stereocenters. The van der Waals surface area contributed by atoms with Gasteiger partial charge in [-0.05, 0) is 28.1 Å². The van der Waals surface area contributed by atoms with Crippen molar-refractivity contribution < 1.29 is 4.21 Å². The first-order valence-electron chi connectivity index (χ1n) is 4.32. The quantitative estimate of drug-likeness (QED) is 0.744. The highest BCUT2D eigenvalue weighted by Crippen LogP contribution is 2.27. The van der Waals surface area contributed by atoms with Gasteiger partial charge in [-0.15, -0.1) is 0 Å². The minimum Gasteiger partial charge on any atom is -0.236 e. The molecular weight excluding hydrogens is 276 g/mol. The number of nitrogens with zero attached hydrogens (tertiary/aromatic N) is 2. The van der Waals surface area contributed by atoms with Gasteiger partial charge in [-0.25, -0.2) is 9.19 Å². The van der Waals surface area contributed by atoms with Crippen molar-refractivity contribution in [1.29, 1.82) is 0 Å². The molecule has 0 N–H and O–H groups in total. The van der Waals surface area contributed by atoms with E-state index in [1.807, 2.05) is 30.3 Å². The molecule has 1 aromatic carbocycles. The van der Waals surface area contributed by atoms with Gasteiger partial charge in [0.2, 0.25) is 0 Å². The summed E-state index contributed by atoms with van der Waals surface area (Å²) in [6, 6.07) is 9.70. The van der Waals surface area contributed by atoms with Gasteiger partial charge in [0, 0.05) is 10.9 Å². The van der Waals surface area contributed by atoms with E-state index >= 15 is 0 Å². The summed E-state index contributed by atoms with van der Waals surface area (Å²) in [6.07, 6.45) is 0. The van der Waals surface area contributed by atoms with Crippen LogP contribution in [0.2, 0.25) is 0 Å². The van der Waals surface area contributed by atoms with E-state index in [-0.39, 0.29) is 0 Å². The van der Waals surface area contributed by atoms with Crippen LogP contribution in [-0.2, 0) is 11.0 Å². The Labute approximate surface area is 97.0 Å². The summed E-state index contributed by atoms with van der Waals surface area (Å²) in [5.74, 6) is 0. The molecule has 3 nitrogen and oxygen atoms in total. The number of aromatic nitrogens is 1. The average Bonchev–Trinajstić information content (AvgIpc) is 2.52. The monoisotopic (exact) mass is 280 g/mol. The van der Waals surface area contributed by atoms with Crippen LogP contribution >= 0.6 is 15.9 Å². The molecule has 2 aromatic rings. The van der Waals surface area contributed by atoms with E-state index in [0.29, 0.717) is 9.65 Å². The minimum atomic E-state index is -1.35. The van der Waals surface area contributed by atoms with Crippen molar-refractivity contribution in [3.63, 3.8) is 0 Å². The third kappa shape index (κ3) is 1.34. The van der Waals surface area contributed by atoms with E-state index in [9.17, 15) is 4.21 Å². The molecule has 74 valence electrons. The molecule has 0 amide bonds. The maximum Gasteiger partial charge on any atom is 0.193 e. The molecule has 0 saturated carbocycles. The molecule has 15 heavy (non-hydrogen) atoms. The van der Waals surface area contributed by atoms with E-state index in [0.717, 1.165) is 16.5 Å².